The van der Waals surface area contributed by atoms with Crippen molar-refractivity contribution in [3.05, 3.63) is 119 Å². The first-order chi connectivity index (χ1) is 21.5. The summed E-state index contributed by atoms with van der Waals surface area (Å²) >= 11 is 0. The Kier molecular flexibility index (Phi) is 6.73. The van der Waals surface area contributed by atoms with Crippen molar-refractivity contribution in [1.82, 2.24) is 24.8 Å². The Hall–Kier alpha value is -6.57. The lowest BCUT2D eigenvalue weighted by Gasteiger charge is -2.18. The molecule has 3 aliphatic heterocycles. The van der Waals surface area contributed by atoms with Crippen molar-refractivity contribution in [2.75, 3.05) is 0 Å². The van der Waals surface area contributed by atoms with Crippen LogP contribution in [0, 0.1) is 13.8 Å². The van der Waals surface area contributed by atoms with Crippen molar-refractivity contribution in [3.8, 4) is 28.6 Å². The zero-order valence-corrected chi connectivity index (χ0v) is 23.5. The summed E-state index contributed by atoms with van der Waals surface area (Å²) in [6, 6.07) is 11.2. The summed E-state index contributed by atoms with van der Waals surface area (Å²) in [5.41, 5.74) is 3.37. The molecule has 0 saturated carbocycles. The molecule has 0 radical (unpaired) electrons. The third-order valence-corrected chi connectivity index (χ3v) is 7.57. The monoisotopic (exact) mass is 606 g/mol. The van der Waals surface area contributed by atoms with Gasteiger partial charge in [-0.05, 0) is 85.7 Å². The van der Waals surface area contributed by atoms with Gasteiger partial charge in [0.2, 0.25) is 5.88 Å². The fourth-order valence-electron chi connectivity index (χ4n) is 5.30. The van der Waals surface area contributed by atoms with Crippen LogP contribution in [-0.2, 0) is 0 Å². The van der Waals surface area contributed by atoms with E-state index in [0.717, 1.165) is 0 Å². The number of aromatic hydroxyl groups is 1. The van der Waals surface area contributed by atoms with Gasteiger partial charge in [-0.3, -0.25) is 23.5 Å². The minimum atomic E-state index is -1.14. The molecule has 3 aromatic rings. The van der Waals surface area contributed by atoms with Crippen LogP contribution >= 0.6 is 0 Å². The molecular formula is C31H22N6O8. The number of aromatic amines is 1. The molecular weight excluding hydrogens is 584 g/mol. The lowest BCUT2D eigenvalue weighted by molar-refractivity contribution is 0.0686. The summed E-state index contributed by atoms with van der Waals surface area (Å²) in [4.78, 5) is 61.8. The van der Waals surface area contributed by atoms with Crippen LogP contribution < -0.4 is 27.3 Å². The summed E-state index contributed by atoms with van der Waals surface area (Å²) in [7, 11) is 0. The number of aromatic nitrogens is 4. The fourth-order valence-corrected chi connectivity index (χ4v) is 5.30. The van der Waals surface area contributed by atoms with Gasteiger partial charge in [0.15, 0.2) is 11.3 Å². The number of fused-ring (bicyclic) bond motifs is 2. The second-order valence-electron chi connectivity index (χ2n) is 10.1. The molecule has 45 heavy (non-hydrogen) atoms. The minimum Gasteiger partial charge on any atom is -0.494 e. The second kappa shape index (κ2) is 10.6. The highest BCUT2D eigenvalue weighted by atomic mass is 16.4. The minimum absolute atomic E-state index is 0.0116. The van der Waals surface area contributed by atoms with Gasteiger partial charge in [0, 0.05) is 10.8 Å². The molecule has 5 N–H and O–H groups in total. The van der Waals surface area contributed by atoms with Crippen LogP contribution in [-0.4, -0.2) is 52.5 Å². The van der Waals surface area contributed by atoms with Crippen molar-refractivity contribution in [2.45, 2.75) is 13.8 Å². The van der Waals surface area contributed by atoms with E-state index in [1.165, 1.54) is 75.9 Å². The number of hydrogen-bond donors (Lipinski definition) is 5. The lowest BCUT2D eigenvalue weighted by Crippen LogP contribution is -2.45. The van der Waals surface area contributed by atoms with E-state index in [4.69, 9.17) is 0 Å². The largest absolute Gasteiger partial charge is 0.494 e. The van der Waals surface area contributed by atoms with E-state index in [-0.39, 0.29) is 55.9 Å². The maximum Gasteiger partial charge on any atom is 0.335 e. The highest BCUT2D eigenvalue weighted by molar-refractivity contribution is 5.96. The predicted molar refractivity (Wildman–Crippen MR) is 160 cm³/mol. The Balaban J connectivity index is 1.54. The molecule has 3 aliphatic rings. The normalized spacial score (nSPS) is 12.8. The molecule has 0 aliphatic carbocycles. The third kappa shape index (κ3) is 4.57. The topological polar surface area (TPSA) is 209 Å². The summed E-state index contributed by atoms with van der Waals surface area (Å²) in [6.07, 6.45) is 4.42. The van der Waals surface area contributed by atoms with E-state index in [1.54, 1.807) is 13.8 Å². The average Bonchev–Trinajstić information content (AvgIpc) is 3.59. The highest BCUT2D eigenvalue weighted by Gasteiger charge is 2.26. The Morgan fingerprint density at radius 3 is 1.98 bits per heavy atom. The van der Waals surface area contributed by atoms with Crippen molar-refractivity contribution >= 4 is 30.0 Å². The number of nitrogens with zero attached hydrogens (tertiary/aromatic N) is 4. The molecule has 0 fully saturated rings. The van der Waals surface area contributed by atoms with E-state index in [9.17, 15) is 39.3 Å². The van der Waals surface area contributed by atoms with Crippen LogP contribution in [0.15, 0.2) is 69.3 Å². The predicted octanol–water partition coefficient (Wildman–Crippen LogP) is 1.31. The summed E-state index contributed by atoms with van der Waals surface area (Å²) in [6.45, 7) is 3.22. The number of benzene rings is 2. The zero-order chi connectivity index (χ0) is 32.2. The number of H-pyrrole nitrogens is 1. The van der Waals surface area contributed by atoms with Crippen LogP contribution in [0.3, 0.4) is 0 Å². The van der Waals surface area contributed by atoms with E-state index < -0.39 is 29.0 Å². The number of nitrogens with one attached hydrogen (secondary N) is 2. The first kappa shape index (κ1) is 28.5. The van der Waals surface area contributed by atoms with E-state index in [0.29, 0.717) is 16.8 Å². The number of carbonyl (C=O) groups excluding carboxylic acids is 1. The average molecular weight is 607 g/mol. The Morgan fingerprint density at radius 2 is 1.40 bits per heavy atom. The van der Waals surface area contributed by atoms with Crippen LogP contribution in [0.25, 0.3) is 34.9 Å². The first-order valence-electron chi connectivity index (χ1n) is 13.3. The molecule has 1 amide bonds. The number of carboxylic acid groups (broad SMARTS) is 2. The van der Waals surface area contributed by atoms with Crippen LogP contribution in [0.5, 0.6) is 5.88 Å². The van der Waals surface area contributed by atoms with Gasteiger partial charge in [0.25, 0.3) is 17.0 Å². The molecule has 0 spiro atoms. The van der Waals surface area contributed by atoms with Crippen LogP contribution in [0.4, 0.5) is 0 Å². The molecule has 14 heteroatoms. The smallest absolute Gasteiger partial charge is 0.335 e. The number of amides is 1. The van der Waals surface area contributed by atoms with Crippen LogP contribution in [0.1, 0.15) is 47.8 Å². The zero-order valence-electron chi connectivity index (χ0n) is 23.5. The van der Waals surface area contributed by atoms with Crippen molar-refractivity contribution in [2.24, 2.45) is 5.10 Å². The van der Waals surface area contributed by atoms with Gasteiger partial charge in [-0.1, -0.05) is 6.08 Å². The molecule has 2 aromatic carbocycles. The highest BCUT2D eigenvalue weighted by Crippen LogP contribution is 2.35. The van der Waals surface area contributed by atoms with Crippen molar-refractivity contribution in [3.63, 3.8) is 0 Å². The van der Waals surface area contributed by atoms with Gasteiger partial charge in [-0.25, -0.2) is 20.1 Å². The Labute approximate surface area is 251 Å². The van der Waals surface area contributed by atoms with Gasteiger partial charge in [-0.15, -0.1) is 0 Å². The van der Waals surface area contributed by atoms with Gasteiger partial charge < -0.3 is 15.3 Å². The van der Waals surface area contributed by atoms with Gasteiger partial charge in [-0.2, -0.15) is 10.2 Å². The summed E-state index contributed by atoms with van der Waals surface area (Å²) in [5.74, 6) is -2.97. The molecule has 0 bridgehead atoms. The van der Waals surface area contributed by atoms with Crippen molar-refractivity contribution < 1.29 is 29.7 Å². The number of aromatic carboxylic acids is 2. The lowest BCUT2D eigenvalue weighted by atomic mass is 10.0. The SMILES string of the molecule is Cc1c(C=CC=c2c(C)c3c(n(-c4ccc(C(=O)O)cc4)c2=O)=NNC3=O)c(O)n(-c2ccc(C(=O)O)cc2)c2n[nH]c(=O)c1-2. The van der Waals surface area contributed by atoms with Gasteiger partial charge in [0.1, 0.15) is 0 Å². The number of carbonyl (C=O) groups is 3. The number of hydrogen-bond acceptors (Lipinski definition) is 8. The third-order valence-electron chi connectivity index (χ3n) is 7.57. The molecule has 4 heterocycles. The van der Waals surface area contributed by atoms with E-state index >= 15 is 0 Å². The molecule has 14 nitrogen and oxygen atoms in total. The quantitative estimate of drug-likeness (QED) is 0.188. The molecule has 224 valence electrons. The first-order valence-corrected chi connectivity index (χ1v) is 13.3. The second-order valence-corrected chi connectivity index (χ2v) is 10.1. The standard InChI is InChI=1S/C31H22N6O8/c1-14-20(28(40)36(24-22(14)26(38)34-32-24)18-10-6-16(7-11-18)30(42)43)4-3-5-21-15(2)23-25(33-35-27(23)39)37(29(21)41)19-12-8-17(9-13-19)31(44)45/h3-13,40H,1-2H3,(H,34,38)(H,35,39)(H,42,43)(H,44,45). The maximum atomic E-state index is 13.8. The number of allylic oxidation sites excluding steroid dienone is 1. The Bertz CT molecular complexity index is 2330. The number of carboxylic acids is 2. The number of pyridine rings is 2. The molecule has 0 atom stereocenters. The van der Waals surface area contributed by atoms with Gasteiger partial charge >= 0.3 is 11.9 Å². The molecule has 0 unspecified atom stereocenters. The summed E-state index contributed by atoms with van der Waals surface area (Å²) in [5, 5.41) is 40.5. The molecule has 0 saturated heterocycles. The van der Waals surface area contributed by atoms with Crippen molar-refractivity contribution in [1.29, 1.82) is 0 Å². The summed E-state index contributed by atoms with van der Waals surface area (Å²) < 4.78 is 2.50. The number of rotatable bonds is 6. The maximum absolute atomic E-state index is 13.8. The Morgan fingerprint density at radius 1 is 0.822 bits per heavy atom. The van der Waals surface area contributed by atoms with Crippen LogP contribution in [0.2, 0.25) is 0 Å². The molecule has 6 rings (SSSR count). The van der Waals surface area contributed by atoms with E-state index in [1.807, 2.05) is 0 Å². The fraction of sp³-hybridized carbons (Fsp3) is 0.0645. The molecule has 1 aromatic heterocycles. The van der Waals surface area contributed by atoms with E-state index in [2.05, 4.69) is 20.7 Å². The van der Waals surface area contributed by atoms with Gasteiger partial charge in [0.05, 0.1) is 33.6 Å².